The molecule has 0 spiro atoms. The lowest BCUT2D eigenvalue weighted by molar-refractivity contribution is -0.119. The van der Waals surface area contributed by atoms with Crippen LogP contribution < -0.4 is 10.2 Å². The summed E-state index contributed by atoms with van der Waals surface area (Å²) in [4.78, 5) is 30.9. The highest BCUT2D eigenvalue weighted by Gasteiger charge is 2.17. The van der Waals surface area contributed by atoms with E-state index >= 15 is 0 Å². The van der Waals surface area contributed by atoms with Crippen LogP contribution in [0.15, 0.2) is 24.3 Å². The van der Waals surface area contributed by atoms with E-state index < -0.39 is 5.97 Å². The number of hydrogen-bond donors (Lipinski definition) is 1. The molecule has 0 atom stereocenters. The second-order valence-corrected chi connectivity index (χ2v) is 7.22. The Balaban J connectivity index is 1.50. The van der Waals surface area contributed by atoms with Crippen LogP contribution in [0.4, 0.5) is 11.4 Å². The van der Waals surface area contributed by atoms with Crippen LogP contribution in [0.3, 0.4) is 0 Å². The molecular formula is C18H21N3O3S. The van der Waals surface area contributed by atoms with Crippen molar-refractivity contribution in [1.29, 1.82) is 0 Å². The van der Waals surface area contributed by atoms with Crippen LogP contribution in [0.5, 0.6) is 0 Å². The van der Waals surface area contributed by atoms with Crippen molar-refractivity contribution >= 4 is 34.6 Å². The Morgan fingerprint density at radius 2 is 1.88 bits per heavy atom. The lowest BCUT2D eigenvalue weighted by Crippen LogP contribution is -2.21. The molecule has 2 aromatic rings. The van der Waals surface area contributed by atoms with E-state index in [1.165, 1.54) is 24.2 Å². The summed E-state index contributed by atoms with van der Waals surface area (Å²) in [7, 11) is 0. The number of aromatic nitrogens is 1. The topological polar surface area (TPSA) is 71.5 Å². The number of benzene rings is 1. The summed E-state index contributed by atoms with van der Waals surface area (Å²) in [5.41, 5.74) is 2.48. The first-order chi connectivity index (χ1) is 12.0. The van der Waals surface area contributed by atoms with Gasteiger partial charge in [-0.1, -0.05) is 0 Å². The maximum Gasteiger partial charge on any atom is 0.350 e. The van der Waals surface area contributed by atoms with Gasteiger partial charge in [0.05, 0.1) is 10.7 Å². The second kappa shape index (κ2) is 7.65. The first-order valence-electron chi connectivity index (χ1n) is 8.29. The van der Waals surface area contributed by atoms with E-state index in [1.807, 2.05) is 31.2 Å². The molecule has 25 heavy (non-hydrogen) atoms. The molecule has 7 heteroatoms. The van der Waals surface area contributed by atoms with Crippen molar-refractivity contribution in [2.45, 2.75) is 26.7 Å². The quantitative estimate of drug-likeness (QED) is 0.831. The average molecular weight is 359 g/mol. The van der Waals surface area contributed by atoms with E-state index in [4.69, 9.17) is 4.74 Å². The van der Waals surface area contributed by atoms with Gasteiger partial charge in [0.2, 0.25) is 0 Å². The summed E-state index contributed by atoms with van der Waals surface area (Å²) in [6, 6.07) is 7.72. The monoisotopic (exact) mass is 359 g/mol. The maximum atomic E-state index is 12.0. The minimum atomic E-state index is -0.511. The smallest absolute Gasteiger partial charge is 0.350 e. The minimum absolute atomic E-state index is 0.316. The number of esters is 1. The predicted octanol–water partition coefficient (Wildman–Crippen LogP) is 3.16. The van der Waals surface area contributed by atoms with E-state index in [9.17, 15) is 9.59 Å². The van der Waals surface area contributed by atoms with Crippen molar-refractivity contribution in [1.82, 2.24) is 4.98 Å². The molecule has 1 aliphatic heterocycles. The number of hydrogen-bond acceptors (Lipinski definition) is 6. The summed E-state index contributed by atoms with van der Waals surface area (Å²) >= 11 is 1.27. The number of rotatable bonds is 5. The number of aryl methyl sites for hydroxylation is 2. The SMILES string of the molecule is Cc1nc(C)c(C(=O)OCC(=O)Nc2ccc(N3CCCC3)cc2)s1. The number of thiazole rings is 1. The van der Waals surface area contributed by atoms with Gasteiger partial charge < -0.3 is 15.0 Å². The molecule has 1 amide bonds. The molecule has 1 saturated heterocycles. The summed E-state index contributed by atoms with van der Waals surface area (Å²) in [6.45, 7) is 5.43. The number of anilines is 2. The Bertz CT molecular complexity index is 764. The van der Waals surface area contributed by atoms with Gasteiger partial charge in [-0.05, 0) is 51.0 Å². The van der Waals surface area contributed by atoms with Crippen molar-refractivity contribution in [3.63, 3.8) is 0 Å². The average Bonchev–Trinajstić information content (AvgIpc) is 3.23. The van der Waals surface area contributed by atoms with Gasteiger partial charge in [-0.3, -0.25) is 4.79 Å². The molecule has 0 saturated carbocycles. The van der Waals surface area contributed by atoms with Crippen LogP contribution in [-0.4, -0.2) is 36.6 Å². The van der Waals surface area contributed by atoms with Gasteiger partial charge in [0.15, 0.2) is 6.61 Å². The molecule has 2 heterocycles. The first-order valence-corrected chi connectivity index (χ1v) is 9.10. The number of nitrogens with zero attached hydrogens (tertiary/aromatic N) is 2. The van der Waals surface area contributed by atoms with Gasteiger partial charge in [0, 0.05) is 24.5 Å². The van der Waals surface area contributed by atoms with Crippen LogP contribution in [-0.2, 0) is 9.53 Å². The minimum Gasteiger partial charge on any atom is -0.451 e. The summed E-state index contributed by atoms with van der Waals surface area (Å²) in [5.74, 6) is -0.871. The number of ether oxygens (including phenoxy) is 1. The van der Waals surface area contributed by atoms with Gasteiger partial charge in [-0.2, -0.15) is 0 Å². The Morgan fingerprint density at radius 3 is 2.48 bits per heavy atom. The molecule has 0 radical (unpaired) electrons. The third kappa shape index (κ3) is 4.36. The highest BCUT2D eigenvalue weighted by Crippen LogP contribution is 2.22. The van der Waals surface area contributed by atoms with Crippen LogP contribution in [0.1, 0.15) is 33.2 Å². The van der Waals surface area contributed by atoms with Crippen LogP contribution in [0, 0.1) is 13.8 Å². The zero-order chi connectivity index (χ0) is 17.8. The third-order valence-corrected chi connectivity index (χ3v) is 5.10. The molecule has 0 unspecified atom stereocenters. The van der Waals surface area contributed by atoms with Gasteiger partial charge in [0.1, 0.15) is 4.88 Å². The van der Waals surface area contributed by atoms with Gasteiger partial charge in [0.25, 0.3) is 5.91 Å². The molecule has 0 bridgehead atoms. The molecule has 3 rings (SSSR count). The Hall–Kier alpha value is -2.41. The molecular weight excluding hydrogens is 338 g/mol. The lowest BCUT2D eigenvalue weighted by Gasteiger charge is -2.17. The summed E-state index contributed by atoms with van der Waals surface area (Å²) in [6.07, 6.45) is 2.45. The van der Waals surface area contributed by atoms with Crippen LogP contribution in [0.25, 0.3) is 0 Å². The van der Waals surface area contributed by atoms with Crippen LogP contribution in [0.2, 0.25) is 0 Å². The molecule has 1 N–H and O–H groups in total. The molecule has 132 valence electrons. The van der Waals surface area contributed by atoms with Gasteiger partial charge >= 0.3 is 5.97 Å². The number of carbonyl (C=O) groups excluding carboxylic acids is 2. The summed E-state index contributed by atoms with van der Waals surface area (Å²) < 4.78 is 5.07. The predicted molar refractivity (Wildman–Crippen MR) is 98.4 cm³/mol. The van der Waals surface area contributed by atoms with Gasteiger partial charge in [-0.15, -0.1) is 11.3 Å². The third-order valence-electron chi connectivity index (χ3n) is 4.05. The van der Waals surface area contributed by atoms with E-state index in [0.29, 0.717) is 16.3 Å². The molecule has 1 aliphatic rings. The van der Waals surface area contributed by atoms with E-state index in [-0.39, 0.29) is 12.5 Å². The summed E-state index contributed by atoms with van der Waals surface area (Å²) in [5, 5.41) is 3.54. The van der Waals surface area contributed by atoms with E-state index in [2.05, 4.69) is 15.2 Å². The van der Waals surface area contributed by atoms with Gasteiger partial charge in [-0.25, -0.2) is 9.78 Å². The van der Waals surface area contributed by atoms with Crippen molar-refractivity contribution in [3.05, 3.63) is 39.8 Å². The largest absolute Gasteiger partial charge is 0.451 e. The van der Waals surface area contributed by atoms with Crippen molar-refractivity contribution in [2.75, 3.05) is 29.9 Å². The van der Waals surface area contributed by atoms with Crippen molar-refractivity contribution in [2.24, 2.45) is 0 Å². The fourth-order valence-corrected chi connectivity index (χ4v) is 3.66. The normalized spacial score (nSPS) is 13.8. The highest BCUT2D eigenvalue weighted by molar-refractivity contribution is 7.13. The number of carbonyl (C=O) groups is 2. The number of amides is 1. The zero-order valence-corrected chi connectivity index (χ0v) is 15.2. The number of nitrogens with one attached hydrogen (secondary N) is 1. The first kappa shape index (κ1) is 17.4. The maximum absolute atomic E-state index is 12.0. The molecule has 0 aliphatic carbocycles. The fourth-order valence-electron chi connectivity index (χ4n) is 2.85. The standard InChI is InChI=1S/C18H21N3O3S/c1-12-17(25-13(2)19-12)18(23)24-11-16(22)20-14-5-7-15(8-6-14)21-9-3-4-10-21/h5-8H,3-4,9-11H2,1-2H3,(H,20,22). The zero-order valence-electron chi connectivity index (χ0n) is 14.4. The van der Waals surface area contributed by atoms with Crippen molar-refractivity contribution in [3.8, 4) is 0 Å². The second-order valence-electron chi connectivity index (χ2n) is 6.01. The highest BCUT2D eigenvalue weighted by atomic mass is 32.1. The van der Waals surface area contributed by atoms with Crippen LogP contribution >= 0.6 is 11.3 Å². The Kier molecular flexibility index (Phi) is 5.33. The van der Waals surface area contributed by atoms with Crippen molar-refractivity contribution < 1.29 is 14.3 Å². The molecule has 1 fully saturated rings. The van der Waals surface area contributed by atoms with E-state index in [1.54, 1.807) is 6.92 Å². The molecule has 1 aromatic heterocycles. The fraction of sp³-hybridized carbons (Fsp3) is 0.389. The van der Waals surface area contributed by atoms with E-state index in [0.717, 1.165) is 23.8 Å². The lowest BCUT2D eigenvalue weighted by atomic mass is 10.2. The Labute approximate surface area is 150 Å². The molecule has 6 nitrogen and oxygen atoms in total. The molecule has 1 aromatic carbocycles. The Morgan fingerprint density at radius 1 is 1.20 bits per heavy atom.